The molecule has 0 aliphatic carbocycles. The number of H-pyrrole nitrogens is 1. The van der Waals surface area contributed by atoms with Crippen LogP contribution in [0.4, 0.5) is 26.1 Å². The molecule has 13 heteroatoms. The van der Waals surface area contributed by atoms with Crippen LogP contribution in [0.3, 0.4) is 0 Å². The number of aromatic amines is 1. The first-order chi connectivity index (χ1) is 19.2. The van der Waals surface area contributed by atoms with E-state index in [0.29, 0.717) is 54.0 Å². The number of halogens is 2. The summed E-state index contributed by atoms with van der Waals surface area (Å²) in [6.45, 7) is 2.35. The Balaban J connectivity index is 1.28. The average Bonchev–Trinajstić information content (AvgIpc) is 3.71. The molecule has 6 rings (SSSR count). The van der Waals surface area contributed by atoms with Gasteiger partial charge in [-0.1, -0.05) is 12.1 Å². The third-order valence-electron chi connectivity index (χ3n) is 7.42. The lowest BCUT2D eigenvalue weighted by Crippen LogP contribution is -2.46. The van der Waals surface area contributed by atoms with Crippen LogP contribution < -0.4 is 15.4 Å². The summed E-state index contributed by atoms with van der Waals surface area (Å²) in [4.78, 5) is 27.3. The van der Waals surface area contributed by atoms with Gasteiger partial charge in [0.2, 0.25) is 11.9 Å². The van der Waals surface area contributed by atoms with E-state index in [1.54, 1.807) is 35.1 Å². The highest BCUT2D eigenvalue weighted by molar-refractivity contribution is 6.06. The molecule has 0 unspecified atom stereocenters. The molecule has 2 fully saturated rings. The standard InChI is InChI=1S/C27H30F2N8O3/c1-15-10-31-26(33-20-12-36(2)35-25(20)39-3)34-22(15)18-11-30-23-17(18)5-4-6-19(23)32-24(38)21-9-27(28,29)14-37(21)16-7-8-40-13-16/h4-6,10-12,16,21,30H,7-9,13-14H2,1-3H3,(H,32,38)(H,31,33,34)/t16-,21+/m0/s1. The van der Waals surface area contributed by atoms with E-state index in [-0.39, 0.29) is 6.04 Å². The van der Waals surface area contributed by atoms with E-state index >= 15 is 0 Å². The Hall–Kier alpha value is -4.10. The fourth-order valence-electron chi connectivity index (χ4n) is 5.52. The van der Waals surface area contributed by atoms with Crippen molar-refractivity contribution in [1.29, 1.82) is 0 Å². The van der Waals surface area contributed by atoms with Gasteiger partial charge in [-0.2, -0.15) is 0 Å². The molecule has 0 spiro atoms. The second-order valence-corrected chi connectivity index (χ2v) is 10.3. The van der Waals surface area contributed by atoms with E-state index in [1.807, 2.05) is 25.3 Å². The van der Waals surface area contributed by atoms with Crippen LogP contribution in [0.5, 0.6) is 5.88 Å². The van der Waals surface area contributed by atoms with Crippen LogP contribution >= 0.6 is 0 Å². The zero-order valence-corrected chi connectivity index (χ0v) is 22.4. The monoisotopic (exact) mass is 552 g/mol. The molecule has 5 heterocycles. The van der Waals surface area contributed by atoms with E-state index in [2.05, 4.69) is 25.7 Å². The predicted molar refractivity (Wildman–Crippen MR) is 145 cm³/mol. The first-order valence-corrected chi connectivity index (χ1v) is 13.0. The molecule has 4 aromatic rings. The van der Waals surface area contributed by atoms with E-state index in [0.717, 1.165) is 16.5 Å². The number of rotatable bonds is 7. The first-order valence-electron chi connectivity index (χ1n) is 13.0. The van der Waals surface area contributed by atoms with Gasteiger partial charge in [0.1, 0.15) is 5.69 Å². The van der Waals surface area contributed by atoms with E-state index in [4.69, 9.17) is 14.5 Å². The second-order valence-electron chi connectivity index (χ2n) is 10.3. The Bertz CT molecular complexity index is 1560. The van der Waals surface area contributed by atoms with Crippen LogP contribution in [0.2, 0.25) is 0 Å². The van der Waals surface area contributed by atoms with Crippen LogP contribution in [-0.4, -0.2) is 80.4 Å². The van der Waals surface area contributed by atoms with Crippen LogP contribution in [0.25, 0.3) is 22.2 Å². The number of anilines is 3. The summed E-state index contributed by atoms with van der Waals surface area (Å²) in [7, 11) is 3.33. The van der Waals surface area contributed by atoms with E-state index < -0.39 is 30.8 Å². The number of hydrogen-bond acceptors (Lipinski definition) is 8. The molecule has 210 valence electrons. The summed E-state index contributed by atoms with van der Waals surface area (Å²) in [6.07, 6.45) is 5.43. The normalized spacial score (nSPS) is 20.7. The largest absolute Gasteiger partial charge is 0.478 e. The minimum Gasteiger partial charge on any atom is -0.478 e. The Morgan fingerprint density at radius 3 is 2.92 bits per heavy atom. The molecule has 2 aliphatic heterocycles. The number of amides is 1. The highest BCUT2D eigenvalue weighted by atomic mass is 19.3. The van der Waals surface area contributed by atoms with Crippen molar-refractivity contribution in [2.24, 2.45) is 7.05 Å². The molecule has 3 N–H and O–H groups in total. The van der Waals surface area contributed by atoms with Crippen molar-refractivity contribution >= 4 is 34.1 Å². The van der Waals surface area contributed by atoms with Gasteiger partial charge in [0.05, 0.1) is 49.4 Å². The van der Waals surface area contributed by atoms with Crippen molar-refractivity contribution in [3.63, 3.8) is 0 Å². The van der Waals surface area contributed by atoms with Gasteiger partial charge in [0.15, 0.2) is 0 Å². The maximum atomic E-state index is 14.4. The summed E-state index contributed by atoms with van der Waals surface area (Å²) in [5, 5.41) is 11.1. The molecule has 40 heavy (non-hydrogen) atoms. The fraction of sp³-hybridized carbons (Fsp3) is 0.407. The molecule has 2 saturated heterocycles. The van der Waals surface area contributed by atoms with Gasteiger partial charge in [0.25, 0.3) is 11.8 Å². The average molecular weight is 553 g/mol. The number of ether oxygens (including phenoxy) is 2. The smallest absolute Gasteiger partial charge is 0.262 e. The van der Waals surface area contributed by atoms with Crippen molar-refractivity contribution in [2.45, 2.75) is 37.8 Å². The highest BCUT2D eigenvalue weighted by Crippen LogP contribution is 2.37. The predicted octanol–water partition coefficient (Wildman–Crippen LogP) is 3.86. The molecule has 1 amide bonds. The topological polar surface area (TPSA) is 122 Å². The van der Waals surface area contributed by atoms with Gasteiger partial charge < -0.3 is 25.1 Å². The van der Waals surface area contributed by atoms with E-state index in [1.165, 1.54) is 7.11 Å². The van der Waals surface area contributed by atoms with Crippen LogP contribution in [0.1, 0.15) is 18.4 Å². The number of carbonyl (C=O) groups excluding carboxylic acids is 1. The third kappa shape index (κ3) is 4.86. The molecule has 1 aromatic carbocycles. The van der Waals surface area contributed by atoms with Gasteiger partial charge in [-0.25, -0.2) is 18.7 Å². The van der Waals surface area contributed by atoms with Crippen molar-refractivity contribution < 1.29 is 23.0 Å². The number of nitrogens with zero attached hydrogens (tertiary/aromatic N) is 5. The van der Waals surface area contributed by atoms with Crippen LogP contribution in [0, 0.1) is 6.92 Å². The molecule has 0 bridgehead atoms. The minimum atomic E-state index is -2.92. The zero-order valence-electron chi connectivity index (χ0n) is 22.4. The number of benzene rings is 1. The third-order valence-corrected chi connectivity index (χ3v) is 7.42. The van der Waals surface area contributed by atoms with Gasteiger partial charge in [-0.3, -0.25) is 14.4 Å². The molecule has 3 aromatic heterocycles. The number of aromatic nitrogens is 5. The number of hydrogen-bond donors (Lipinski definition) is 3. The lowest BCUT2D eigenvalue weighted by molar-refractivity contribution is -0.121. The number of carbonyl (C=O) groups is 1. The van der Waals surface area contributed by atoms with Gasteiger partial charge >= 0.3 is 0 Å². The number of aryl methyl sites for hydroxylation is 2. The zero-order chi connectivity index (χ0) is 28.0. The molecular weight excluding hydrogens is 522 g/mol. The fourth-order valence-corrected chi connectivity index (χ4v) is 5.52. The second kappa shape index (κ2) is 10.1. The van der Waals surface area contributed by atoms with Gasteiger partial charge in [-0.05, 0) is 25.0 Å². The Labute approximate surface area is 228 Å². The number of fused-ring (bicyclic) bond motifs is 1. The summed E-state index contributed by atoms with van der Waals surface area (Å²) in [5.74, 6) is -2.60. The number of nitrogens with one attached hydrogen (secondary N) is 3. The maximum absolute atomic E-state index is 14.4. The van der Waals surface area contributed by atoms with Gasteiger partial charge in [0, 0.05) is 49.5 Å². The van der Waals surface area contributed by atoms with Crippen molar-refractivity contribution in [3.8, 4) is 17.1 Å². The molecule has 2 atom stereocenters. The molecule has 0 radical (unpaired) electrons. The Morgan fingerprint density at radius 2 is 2.15 bits per heavy atom. The molecule has 0 saturated carbocycles. The Kier molecular flexibility index (Phi) is 6.62. The van der Waals surface area contributed by atoms with Crippen LogP contribution in [0.15, 0.2) is 36.8 Å². The Morgan fingerprint density at radius 1 is 1.30 bits per heavy atom. The molecular formula is C27H30F2N8O3. The maximum Gasteiger partial charge on any atom is 0.262 e. The summed E-state index contributed by atoms with van der Waals surface area (Å²) >= 11 is 0. The SMILES string of the molecule is COc1nn(C)cc1Nc1ncc(C)c(-c2c[nH]c3c(NC(=O)[C@H]4CC(F)(F)CN4[C@H]4CCOC4)cccc23)n1. The number of likely N-dealkylation sites (tertiary alicyclic amines) is 1. The number of methoxy groups -OCH3 is 1. The number of alkyl halides is 2. The molecule has 11 nitrogen and oxygen atoms in total. The van der Waals surface area contributed by atoms with Gasteiger partial charge in [-0.15, -0.1) is 5.10 Å². The van der Waals surface area contributed by atoms with Crippen molar-refractivity contribution in [1.82, 2.24) is 29.6 Å². The van der Waals surface area contributed by atoms with Crippen molar-refractivity contribution in [2.75, 3.05) is 37.5 Å². The highest BCUT2D eigenvalue weighted by Gasteiger charge is 2.50. The summed E-state index contributed by atoms with van der Waals surface area (Å²) < 4.78 is 41.1. The summed E-state index contributed by atoms with van der Waals surface area (Å²) in [6, 6.07) is 4.37. The quantitative estimate of drug-likeness (QED) is 0.316. The van der Waals surface area contributed by atoms with Crippen molar-refractivity contribution in [3.05, 3.63) is 42.4 Å². The summed E-state index contributed by atoms with van der Waals surface area (Å²) in [5.41, 5.74) is 4.16. The van der Waals surface area contributed by atoms with Crippen LogP contribution in [-0.2, 0) is 16.6 Å². The van der Waals surface area contributed by atoms with E-state index in [9.17, 15) is 13.6 Å². The lowest BCUT2D eigenvalue weighted by atomic mass is 10.1. The number of para-hydroxylation sites is 1. The minimum absolute atomic E-state index is 0.188. The molecule has 2 aliphatic rings. The lowest BCUT2D eigenvalue weighted by Gasteiger charge is -2.28. The first kappa shape index (κ1) is 26.1.